The van der Waals surface area contributed by atoms with Gasteiger partial charge >= 0.3 is 6.03 Å². The van der Waals surface area contributed by atoms with Gasteiger partial charge in [0.15, 0.2) is 6.73 Å². The first-order chi connectivity index (χ1) is 10.0. The number of rotatable bonds is 4. The predicted molar refractivity (Wildman–Crippen MR) is 75.5 cm³/mol. The third-order valence-corrected chi connectivity index (χ3v) is 2.71. The lowest BCUT2D eigenvalue weighted by atomic mass is 10.3. The molecule has 0 fully saturated rings. The van der Waals surface area contributed by atoms with E-state index in [0.717, 1.165) is 18.2 Å². The number of anilines is 1. The standard InChI is InChI=1S/C14H11ClF2N2O2/c15-9-1-4-11(5-2-9)21-8-18-14(20)19-13-7-10(16)3-6-12(13)17/h1-7H,8H2,(H2,18,19,20). The summed E-state index contributed by atoms with van der Waals surface area (Å²) < 4.78 is 31.5. The fourth-order valence-electron chi connectivity index (χ4n) is 1.48. The van der Waals surface area contributed by atoms with Gasteiger partial charge in [-0.15, -0.1) is 0 Å². The van der Waals surface area contributed by atoms with E-state index in [4.69, 9.17) is 16.3 Å². The molecule has 110 valence electrons. The van der Waals surface area contributed by atoms with Crippen LogP contribution in [0.3, 0.4) is 0 Å². The van der Waals surface area contributed by atoms with E-state index in [1.54, 1.807) is 24.3 Å². The molecular weight excluding hydrogens is 302 g/mol. The van der Waals surface area contributed by atoms with E-state index in [9.17, 15) is 13.6 Å². The van der Waals surface area contributed by atoms with Gasteiger partial charge in [-0.05, 0) is 36.4 Å². The molecule has 0 bridgehead atoms. The molecule has 0 radical (unpaired) electrons. The summed E-state index contributed by atoms with van der Waals surface area (Å²) in [5.41, 5.74) is -0.251. The number of hydrogen-bond acceptors (Lipinski definition) is 2. The Morgan fingerprint density at radius 2 is 1.86 bits per heavy atom. The van der Waals surface area contributed by atoms with Crippen LogP contribution < -0.4 is 15.4 Å². The molecule has 2 aromatic rings. The van der Waals surface area contributed by atoms with Crippen molar-refractivity contribution in [2.75, 3.05) is 12.0 Å². The van der Waals surface area contributed by atoms with Crippen molar-refractivity contribution < 1.29 is 18.3 Å². The fraction of sp³-hybridized carbons (Fsp3) is 0.0714. The third kappa shape index (κ3) is 4.61. The Bertz CT molecular complexity index is 635. The first-order valence-corrected chi connectivity index (χ1v) is 6.30. The van der Waals surface area contributed by atoms with E-state index in [0.29, 0.717) is 10.8 Å². The molecule has 0 aliphatic heterocycles. The van der Waals surface area contributed by atoms with Gasteiger partial charge in [0.1, 0.15) is 17.4 Å². The molecule has 0 aliphatic rings. The van der Waals surface area contributed by atoms with Crippen molar-refractivity contribution in [2.24, 2.45) is 0 Å². The average molecular weight is 313 g/mol. The van der Waals surface area contributed by atoms with E-state index in [2.05, 4.69) is 10.6 Å². The third-order valence-electron chi connectivity index (χ3n) is 2.46. The summed E-state index contributed by atoms with van der Waals surface area (Å²) in [5.74, 6) is -0.870. The molecule has 0 saturated carbocycles. The molecule has 2 amide bonds. The number of benzene rings is 2. The average Bonchev–Trinajstić information content (AvgIpc) is 2.45. The fourth-order valence-corrected chi connectivity index (χ4v) is 1.60. The van der Waals surface area contributed by atoms with Gasteiger partial charge < -0.3 is 15.4 Å². The molecule has 0 heterocycles. The Hall–Kier alpha value is -2.34. The topological polar surface area (TPSA) is 50.4 Å². The molecule has 0 atom stereocenters. The molecule has 0 aromatic heterocycles. The number of ether oxygens (including phenoxy) is 1. The van der Waals surface area contributed by atoms with Gasteiger partial charge in [-0.1, -0.05) is 11.6 Å². The number of nitrogens with one attached hydrogen (secondary N) is 2. The molecule has 4 nitrogen and oxygen atoms in total. The predicted octanol–water partition coefficient (Wildman–Crippen LogP) is 3.78. The Balaban J connectivity index is 1.82. The number of amides is 2. The number of hydrogen-bond donors (Lipinski definition) is 2. The molecule has 0 saturated heterocycles. The summed E-state index contributed by atoms with van der Waals surface area (Å²) in [6, 6.07) is 8.60. The van der Waals surface area contributed by atoms with Crippen LogP contribution in [0.15, 0.2) is 42.5 Å². The van der Waals surface area contributed by atoms with Crippen LogP contribution in [0.5, 0.6) is 5.75 Å². The van der Waals surface area contributed by atoms with Crippen LogP contribution in [0.1, 0.15) is 0 Å². The lowest BCUT2D eigenvalue weighted by Gasteiger charge is -2.10. The second-order valence-corrected chi connectivity index (χ2v) is 4.43. The highest BCUT2D eigenvalue weighted by atomic mass is 35.5. The van der Waals surface area contributed by atoms with Crippen molar-refractivity contribution in [3.05, 3.63) is 59.1 Å². The highest BCUT2D eigenvalue weighted by Crippen LogP contribution is 2.16. The molecule has 21 heavy (non-hydrogen) atoms. The number of urea groups is 1. The maximum Gasteiger partial charge on any atom is 0.321 e. The van der Waals surface area contributed by atoms with E-state index in [1.807, 2.05) is 0 Å². The van der Waals surface area contributed by atoms with Gasteiger partial charge in [0.2, 0.25) is 0 Å². The highest BCUT2D eigenvalue weighted by Gasteiger charge is 2.07. The van der Waals surface area contributed by atoms with Gasteiger partial charge in [-0.2, -0.15) is 0 Å². The normalized spacial score (nSPS) is 10.0. The van der Waals surface area contributed by atoms with Crippen molar-refractivity contribution in [3.8, 4) is 5.75 Å². The molecule has 2 rings (SSSR count). The zero-order valence-corrected chi connectivity index (χ0v) is 11.5. The summed E-state index contributed by atoms with van der Waals surface area (Å²) in [7, 11) is 0. The first-order valence-electron chi connectivity index (χ1n) is 5.93. The van der Waals surface area contributed by atoms with Crippen LogP contribution >= 0.6 is 11.6 Å². The molecule has 7 heteroatoms. The number of carbonyl (C=O) groups excluding carboxylic acids is 1. The minimum atomic E-state index is -0.731. The second kappa shape index (κ2) is 6.90. The largest absolute Gasteiger partial charge is 0.473 e. The maximum absolute atomic E-state index is 13.3. The second-order valence-electron chi connectivity index (χ2n) is 4.00. The van der Waals surface area contributed by atoms with Crippen molar-refractivity contribution >= 4 is 23.3 Å². The minimum Gasteiger partial charge on any atom is -0.473 e. The van der Waals surface area contributed by atoms with E-state index in [1.165, 1.54) is 0 Å². The molecular formula is C14H11ClF2N2O2. The van der Waals surface area contributed by atoms with Crippen LogP contribution in [-0.4, -0.2) is 12.8 Å². The lowest BCUT2D eigenvalue weighted by molar-refractivity contribution is 0.234. The maximum atomic E-state index is 13.3. The monoisotopic (exact) mass is 312 g/mol. The molecule has 2 aromatic carbocycles. The van der Waals surface area contributed by atoms with Crippen LogP contribution in [-0.2, 0) is 0 Å². The Morgan fingerprint density at radius 1 is 1.14 bits per heavy atom. The number of carbonyl (C=O) groups is 1. The van der Waals surface area contributed by atoms with Crippen molar-refractivity contribution in [2.45, 2.75) is 0 Å². The molecule has 0 spiro atoms. The van der Waals surface area contributed by atoms with Crippen LogP contribution in [0, 0.1) is 11.6 Å². The highest BCUT2D eigenvalue weighted by molar-refractivity contribution is 6.30. The Morgan fingerprint density at radius 3 is 2.57 bits per heavy atom. The smallest absolute Gasteiger partial charge is 0.321 e. The van der Waals surface area contributed by atoms with Gasteiger partial charge in [0, 0.05) is 11.1 Å². The van der Waals surface area contributed by atoms with Crippen LogP contribution in [0.2, 0.25) is 5.02 Å². The van der Waals surface area contributed by atoms with E-state index < -0.39 is 17.7 Å². The molecule has 0 unspecified atom stereocenters. The van der Waals surface area contributed by atoms with Crippen molar-refractivity contribution in [3.63, 3.8) is 0 Å². The summed E-state index contributed by atoms with van der Waals surface area (Å²) in [5, 5.41) is 5.09. The molecule has 0 aliphatic carbocycles. The Kier molecular flexibility index (Phi) is 4.94. The summed E-state index contributed by atoms with van der Waals surface area (Å²) in [6.45, 7) is -0.135. The minimum absolute atomic E-state index is 0.135. The first kappa shape index (κ1) is 15.1. The van der Waals surface area contributed by atoms with Crippen molar-refractivity contribution in [1.29, 1.82) is 0 Å². The summed E-state index contributed by atoms with van der Waals surface area (Å²) in [4.78, 5) is 11.5. The van der Waals surface area contributed by atoms with Crippen LogP contribution in [0.25, 0.3) is 0 Å². The van der Waals surface area contributed by atoms with Gasteiger partial charge in [0.25, 0.3) is 0 Å². The summed E-state index contributed by atoms with van der Waals surface area (Å²) in [6.07, 6.45) is 0. The number of halogens is 3. The van der Waals surface area contributed by atoms with E-state index in [-0.39, 0.29) is 12.4 Å². The Labute approximate surface area is 124 Å². The van der Waals surface area contributed by atoms with Gasteiger partial charge in [-0.3, -0.25) is 0 Å². The summed E-state index contributed by atoms with van der Waals surface area (Å²) >= 11 is 5.71. The van der Waals surface area contributed by atoms with Gasteiger partial charge in [-0.25, -0.2) is 13.6 Å². The van der Waals surface area contributed by atoms with Gasteiger partial charge in [0.05, 0.1) is 5.69 Å². The van der Waals surface area contributed by atoms with E-state index >= 15 is 0 Å². The van der Waals surface area contributed by atoms with Crippen LogP contribution in [0.4, 0.5) is 19.3 Å². The molecule has 2 N–H and O–H groups in total. The lowest BCUT2D eigenvalue weighted by Crippen LogP contribution is -2.32. The zero-order valence-electron chi connectivity index (χ0n) is 10.7. The zero-order chi connectivity index (χ0) is 15.2. The quantitative estimate of drug-likeness (QED) is 0.844. The SMILES string of the molecule is O=C(NCOc1ccc(Cl)cc1)Nc1cc(F)ccc1F. The van der Waals surface area contributed by atoms with Crippen molar-refractivity contribution in [1.82, 2.24) is 5.32 Å².